The van der Waals surface area contributed by atoms with E-state index in [4.69, 9.17) is 14.5 Å². The second-order valence-electron chi connectivity index (χ2n) is 9.98. The van der Waals surface area contributed by atoms with E-state index in [0.29, 0.717) is 19.0 Å². The van der Waals surface area contributed by atoms with Crippen LogP contribution in [-0.2, 0) is 4.74 Å². The molecule has 1 saturated heterocycles. The molecule has 9 heteroatoms. The van der Waals surface area contributed by atoms with Gasteiger partial charge in [0.25, 0.3) is 0 Å². The molecule has 0 bridgehead atoms. The molecule has 0 radical (unpaired) electrons. The maximum atomic E-state index is 12.4. The Balaban J connectivity index is 1.32. The average molecular weight is 475 g/mol. The first-order valence-electron chi connectivity index (χ1n) is 11.9. The average Bonchev–Trinajstić information content (AvgIpc) is 3.27. The van der Waals surface area contributed by atoms with Crippen LogP contribution in [0.3, 0.4) is 0 Å². The molecule has 2 aromatic heterocycles. The van der Waals surface area contributed by atoms with Gasteiger partial charge in [-0.05, 0) is 63.6 Å². The van der Waals surface area contributed by atoms with Gasteiger partial charge in [0.05, 0.1) is 11.7 Å². The highest BCUT2D eigenvalue weighted by molar-refractivity contribution is 5.86. The van der Waals surface area contributed by atoms with Gasteiger partial charge in [0.2, 0.25) is 5.95 Å². The number of piperidine rings is 1. The molecule has 1 aliphatic heterocycles. The number of aromatic amines is 1. The number of hydrogen-bond acceptors (Lipinski definition) is 7. The van der Waals surface area contributed by atoms with E-state index in [0.717, 1.165) is 51.6 Å². The normalized spacial score (nSPS) is 14.9. The van der Waals surface area contributed by atoms with Crippen LogP contribution in [0.1, 0.15) is 39.2 Å². The minimum atomic E-state index is -0.500. The highest BCUT2D eigenvalue weighted by Crippen LogP contribution is 2.30. The molecule has 2 aromatic carbocycles. The lowest BCUT2D eigenvalue weighted by atomic mass is 10.1. The zero-order valence-corrected chi connectivity index (χ0v) is 20.5. The number of anilines is 2. The predicted octanol–water partition coefficient (Wildman–Crippen LogP) is 5.34. The lowest BCUT2D eigenvalue weighted by Crippen LogP contribution is -2.44. The Bertz CT molecular complexity index is 1370. The molecule has 0 unspecified atom stereocenters. The van der Waals surface area contributed by atoms with Crippen molar-refractivity contribution in [3.05, 3.63) is 48.3 Å². The van der Waals surface area contributed by atoms with Gasteiger partial charge in [0, 0.05) is 48.6 Å². The van der Waals surface area contributed by atoms with Crippen LogP contribution in [0.25, 0.3) is 21.8 Å². The number of aromatic nitrogens is 4. The topological polar surface area (TPSA) is 105 Å². The van der Waals surface area contributed by atoms with Gasteiger partial charge < -0.3 is 19.7 Å². The number of benzene rings is 2. The Hall–Kier alpha value is -3.88. The molecule has 0 atom stereocenters. The molecule has 3 heterocycles. The number of carbonyl (C=O) groups excluding carboxylic acids is 1. The third-order valence-corrected chi connectivity index (χ3v) is 5.88. The van der Waals surface area contributed by atoms with Crippen molar-refractivity contribution in [2.45, 2.75) is 52.2 Å². The number of fused-ring (bicyclic) bond motifs is 2. The molecule has 5 rings (SSSR count). The molecule has 9 nitrogen and oxygen atoms in total. The van der Waals surface area contributed by atoms with E-state index in [1.165, 1.54) is 0 Å². The van der Waals surface area contributed by atoms with Gasteiger partial charge in [-0.25, -0.2) is 14.8 Å². The van der Waals surface area contributed by atoms with Gasteiger partial charge in [-0.3, -0.25) is 5.10 Å². The highest BCUT2D eigenvalue weighted by Gasteiger charge is 2.28. The number of aryl methyl sites for hydroxylation is 1. The van der Waals surface area contributed by atoms with Gasteiger partial charge in [0.1, 0.15) is 23.0 Å². The van der Waals surface area contributed by atoms with Crippen LogP contribution in [0, 0.1) is 6.92 Å². The van der Waals surface area contributed by atoms with Gasteiger partial charge in [-0.2, -0.15) is 5.10 Å². The van der Waals surface area contributed by atoms with E-state index < -0.39 is 5.60 Å². The first kappa shape index (κ1) is 22.9. The standard InChI is InChI=1S/C26H30N6O3/c1-16-11-18-14-27-24(29-19-6-5-17-15-28-31-21(17)13-19)30-23(18)22(12-16)34-20-7-9-32(10-8-20)25(33)35-26(2,3)4/h5-6,11-15,20H,7-10H2,1-4H3,(H,28,31)(H,27,29,30). The van der Waals surface area contributed by atoms with Crippen molar-refractivity contribution in [1.29, 1.82) is 0 Å². The molecule has 0 spiro atoms. The monoisotopic (exact) mass is 474 g/mol. The summed E-state index contributed by atoms with van der Waals surface area (Å²) in [4.78, 5) is 23.4. The second-order valence-corrected chi connectivity index (χ2v) is 9.98. The van der Waals surface area contributed by atoms with Crippen LogP contribution >= 0.6 is 0 Å². The quantitative estimate of drug-likeness (QED) is 0.411. The number of nitrogens with zero attached hydrogens (tertiary/aromatic N) is 4. The molecule has 182 valence electrons. The molecule has 1 amide bonds. The van der Waals surface area contributed by atoms with E-state index in [1.807, 2.05) is 64.2 Å². The number of carbonyl (C=O) groups is 1. The van der Waals surface area contributed by atoms with E-state index in [-0.39, 0.29) is 12.2 Å². The van der Waals surface area contributed by atoms with Crippen molar-refractivity contribution >= 4 is 39.5 Å². The van der Waals surface area contributed by atoms with Gasteiger partial charge in [-0.15, -0.1) is 0 Å². The minimum absolute atomic E-state index is 0.00662. The van der Waals surface area contributed by atoms with E-state index in [9.17, 15) is 4.79 Å². The number of ether oxygens (including phenoxy) is 2. The van der Waals surface area contributed by atoms with Crippen LogP contribution in [0.4, 0.5) is 16.4 Å². The lowest BCUT2D eigenvalue weighted by molar-refractivity contribution is 0.0127. The summed E-state index contributed by atoms with van der Waals surface area (Å²) < 4.78 is 11.9. The lowest BCUT2D eigenvalue weighted by Gasteiger charge is -2.33. The summed E-state index contributed by atoms with van der Waals surface area (Å²) in [6, 6.07) is 9.99. The van der Waals surface area contributed by atoms with Crippen LogP contribution in [-0.4, -0.2) is 56.0 Å². The predicted molar refractivity (Wildman–Crippen MR) is 135 cm³/mol. The van der Waals surface area contributed by atoms with Crippen molar-refractivity contribution in [2.75, 3.05) is 18.4 Å². The third kappa shape index (κ3) is 5.29. The zero-order valence-electron chi connectivity index (χ0n) is 20.5. The van der Waals surface area contributed by atoms with Crippen molar-refractivity contribution in [1.82, 2.24) is 25.1 Å². The highest BCUT2D eigenvalue weighted by atomic mass is 16.6. The first-order chi connectivity index (χ1) is 16.7. The Morgan fingerprint density at radius 1 is 1.11 bits per heavy atom. The third-order valence-electron chi connectivity index (χ3n) is 5.88. The number of rotatable bonds is 4. The molecular formula is C26H30N6O3. The van der Waals surface area contributed by atoms with Gasteiger partial charge in [-0.1, -0.05) is 0 Å². The SMILES string of the molecule is Cc1cc(OC2CCN(C(=O)OC(C)(C)C)CC2)c2nc(Nc3ccc4cn[nH]c4c3)ncc2c1. The summed E-state index contributed by atoms with van der Waals surface area (Å²) in [7, 11) is 0. The molecular weight excluding hydrogens is 444 g/mol. The Morgan fingerprint density at radius 3 is 2.69 bits per heavy atom. The molecule has 0 aliphatic carbocycles. The van der Waals surface area contributed by atoms with Crippen molar-refractivity contribution in [2.24, 2.45) is 0 Å². The summed E-state index contributed by atoms with van der Waals surface area (Å²) in [5.41, 5.74) is 3.14. The van der Waals surface area contributed by atoms with E-state index in [2.05, 4.69) is 20.5 Å². The molecule has 1 fully saturated rings. The summed E-state index contributed by atoms with van der Waals surface area (Å²) in [5.74, 6) is 1.22. The van der Waals surface area contributed by atoms with Crippen LogP contribution in [0.15, 0.2) is 42.7 Å². The molecule has 35 heavy (non-hydrogen) atoms. The van der Waals surface area contributed by atoms with Crippen LogP contribution in [0.2, 0.25) is 0 Å². The van der Waals surface area contributed by atoms with E-state index in [1.54, 1.807) is 11.1 Å². The Morgan fingerprint density at radius 2 is 1.91 bits per heavy atom. The number of likely N-dealkylation sites (tertiary alicyclic amines) is 1. The van der Waals surface area contributed by atoms with Crippen LogP contribution in [0.5, 0.6) is 5.75 Å². The summed E-state index contributed by atoms with van der Waals surface area (Å²) >= 11 is 0. The van der Waals surface area contributed by atoms with Gasteiger partial charge >= 0.3 is 6.09 Å². The molecule has 0 saturated carbocycles. The first-order valence-corrected chi connectivity index (χ1v) is 11.9. The van der Waals surface area contributed by atoms with Gasteiger partial charge in [0.15, 0.2) is 0 Å². The second kappa shape index (κ2) is 9.05. The molecule has 4 aromatic rings. The van der Waals surface area contributed by atoms with Crippen molar-refractivity contribution in [3.8, 4) is 5.75 Å². The van der Waals surface area contributed by atoms with Crippen molar-refractivity contribution in [3.63, 3.8) is 0 Å². The zero-order chi connectivity index (χ0) is 24.6. The number of amides is 1. The summed E-state index contributed by atoms with van der Waals surface area (Å²) in [6.45, 7) is 8.87. The van der Waals surface area contributed by atoms with E-state index >= 15 is 0 Å². The fourth-order valence-corrected chi connectivity index (χ4v) is 4.21. The Kier molecular flexibility index (Phi) is 5.92. The smallest absolute Gasteiger partial charge is 0.410 e. The number of hydrogen-bond donors (Lipinski definition) is 2. The minimum Gasteiger partial charge on any atom is -0.488 e. The molecule has 2 N–H and O–H groups in total. The largest absolute Gasteiger partial charge is 0.488 e. The summed E-state index contributed by atoms with van der Waals surface area (Å²) in [5, 5.41) is 12.3. The van der Waals surface area contributed by atoms with Crippen LogP contribution < -0.4 is 10.1 Å². The van der Waals surface area contributed by atoms with Crippen molar-refractivity contribution < 1.29 is 14.3 Å². The summed E-state index contributed by atoms with van der Waals surface area (Å²) in [6.07, 6.45) is 4.78. The number of H-pyrrole nitrogens is 1. The maximum Gasteiger partial charge on any atom is 0.410 e. The fourth-order valence-electron chi connectivity index (χ4n) is 4.21. The molecule has 1 aliphatic rings. The number of nitrogens with one attached hydrogen (secondary N) is 2. The maximum absolute atomic E-state index is 12.4. The Labute approximate surface area is 203 Å². The fraction of sp³-hybridized carbons (Fsp3) is 0.385.